The van der Waals surface area contributed by atoms with E-state index in [1.54, 1.807) is 0 Å². The molecule has 58 valence electrons. The van der Waals surface area contributed by atoms with Gasteiger partial charge in [0.1, 0.15) is 0 Å². The first-order valence-electron chi connectivity index (χ1n) is 3.72. The lowest BCUT2D eigenvalue weighted by Gasteiger charge is -2.05. The third kappa shape index (κ3) is 1.78. The number of Topliss-reactive ketones (excluding diaryl/α,β-unsaturated/α-hetero) is 1. The Bertz CT molecular complexity index is 136. The second-order valence-corrected chi connectivity index (χ2v) is 2.93. The molecule has 0 saturated carbocycles. The predicted octanol–water partition coefficient (Wildman–Crippen LogP) is -0.345. The molecule has 1 rings (SSSR count). The Kier molecular flexibility index (Phi) is 2.40. The van der Waals surface area contributed by atoms with E-state index in [0.717, 1.165) is 12.8 Å². The van der Waals surface area contributed by atoms with Crippen molar-refractivity contribution in [1.29, 1.82) is 0 Å². The van der Waals surface area contributed by atoms with Gasteiger partial charge in [-0.1, -0.05) is 0 Å². The highest BCUT2D eigenvalue weighted by Gasteiger charge is 2.18. The van der Waals surface area contributed by atoms with Gasteiger partial charge in [0.25, 0.3) is 0 Å². The van der Waals surface area contributed by atoms with E-state index in [1.807, 2.05) is 0 Å². The van der Waals surface area contributed by atoms with Crippen LogP contribution in [0.15, 0.2) is 0 Å². The maximum atomic E-state index is 11.0. The Hall–Kier alpha value is -0.410. The van der Waals surface area contributed by atoms with Crippen LogP contribution in [0.1, 0.15) is 19.8 Å². The van der Waals surface area contributed by atoms with Gasteiger partial charge in [-0.2, -0.15) is 0 Å². The summed E-state index contributed by atoms with van der Waals surface area (Å²) in [7, 11) is 0. The molecule has 2 atom stereocenters. The number of hydrogen-bond donors (Lipinski definition) is 2. The van der Waals surface area contributed by atoms with E-state index < -0.39 is 0 Å². The Balaban J connectivity index is 2.46. The summed E-state index contributed by atoms with van der Waals surface area (Å²) in [6, 6.07) is 0.218. The molecule has 0 aromatic carbocycles. The molecular formula is C7H14N2O. The lowest BCUT2D eigenvalue weighted by Crippen LogP contribution is -2.35. The zero-order valence-corrected chi connectivity index (χ0v) is 6.26. The molecule has 0 radical (unpaired) electrons. The van der Waals surface area contributed by atoms with Crippen molar-refractivity contribution in [3.63, 3.8) is 0 Å². The van der Waals surface area contributed by atoms with Gasteiger partial charge in [0.15, 0.2) is 5.78 Å². The maximum Gasteiger partial charge on any atom is 0.163 e. The molecule has 1 heterocycles. The molecule has 0 bridgehead atoms. The average molecular weight is 142 g/mol. The van der Waals surface area contributed by atoms with E-state index in [9.17, 15) is 4.79 Å². The van der Waals surface area contributed by atoms with Crippen LogP contribution in [-0.4, -0.2) is 24.4 Å². The molecule has 2 unspecified atom stereocenters. The average Bonchev–Trinajstić information content (AvgIpc) is 2.04. The first-order chi connectivity index (χ1) is 4.70. The molecule has 1 saturated heterocycles. The molecule has 3 heteroatoms. The van der Waals surface area contributed by atoms with Gasteiger partial charge in [-0.05, 0) is 19.8 Å². The van der Waals surface area contributed by atoms with E-state index in [2.05, 4.69) is 12.2 Å². The quantitative estimate of drug-likeness (QED) is 0.486. The normalized spacial score (nSPS) is 35.6. The fourth-order valence-corrected chi connectivity index (χ4v) is 1.10. The van der Waals surface area contributed by atoms with Crippen LogP contribution in [0.4, 0.5) is 0 Å². The van der Waals surface area contributed by atoms with Crippen molar-refractivity contribution >= 4 is 5.78 Å². The zero-order valence-electron chi connectivity index (χ0n) is 6.26. The van der Waals surface area contributed by atoms with Gasteiger partial charge in [-0.25, -0.2) is 0 Å². The van der Waals surface area contributed by atoms with Crippen LogP contribution < -0.4 is 11.1 Å². The summed E-state index contributed by atoms with van der Waals surface area (Å²) in [4.78, 5) is 11.0. The zero-order chi connectivity index (χ0) is 7.56. The second kappa shape index (κ2) is 3.12. The number of rotatable bonds is 0. The highest BCUT2D eigenvalue weighted by Crippen LogP contribution is 2.04. The standard InChI is InChI=1S/C7H14N2O/c1-5-2-3-6(8)7(10)4-9-5/h5-6,9H,2-4,8H2,1H3. The SMILES string of the molecule is CC1CCC(N)C(=O)CN1. The minimum Gasteiger partial charge on any atom is -0.321 e. The fourth-order valence-electron chi connectivity index (χ4n) is 1.10. The Labute approximate surface area is 61.0 Å². The summed E-state index contributed by atoms with van der Waals surface area (Å²) < 4.78 is 0. The largest absolute Gasteiger partial charge is 0.321 e. The van der Waals surface area contributed by atoms with Gasteiger partial charge < -0.3 is 11.1 Å². The van der Waals surface area contributed by atoms with E-state index in [-0.39, 0.29) is 11.8 Å². The van der Waals surface area contributed by atoms with Crippen molar-refractivity contribution in [1.82, 2.24) is 5.32 Å². The molecule has 1 aliphatic heterocycles. The monoisotopic (exact) mass is 142 g/mol. The Morgan fingerprint density at radius 3 is 3.00 bits per heavy atom. The molecule has 10 heavy (non-hydrogen) atoms. The second-order valence-electron chi connectivity index (χ2n) is 2.93. The fraction of sp³-hybridized carbons (Fsp3) is 0.857. The minimum atomic E-state index is -0.225. The molecule has 0 amide bonds. The first-order valence-corrected chi connectivity index (χ1v) is 3.72. The van der Waals surface area contributed by atoms with Gasteiger partial charge in [0, 0.05) is 6.04 Å². The van der Waals surface area contributed by atoms with Crippen LogP contribution in [0.3, 0.4) is 0 Å². The molecule has 0 aromatic heterocycles. The van der Waals surface area contributed by atoms with E-state index in [4.69, 9.17) is 5.73 Å². The molecule has 1 aliphatic rings. The number of carbonyl (C=O) groups excluding carboxylic acids is 1. The topological polar surface area (TPSA) is 55.1 Å². The summed E-state index contributed by atoms with van der Waals surface area (Å²) in [5, 5.41) is 3.10. The number of nitrogens with one attached hydrogen (secondary N) is 1. The summed E-state index contributed by atoms with van der Waals surface area (Å²) in [6.07, 6.45) is 1.83. The highest BCUT2D eigenvalue weighted by molar-refractivity contribution is 5.85. The predicted molar refractivity (Wildman–Crippen MR) is 39.7 cm³/mol. The molecular weight excluding hydrogens is 128 g/mol. The molecule has 3 nitrogen and oxygen atoms in total. The Morgan fingerprint density at radius 1 is 1.60 bits per heavy atom. The van der Waals surface area contributed by atoms with Gasteiger partial charge in [-0.3, -0.25) is 4.79 Å². The minimum absolute atomic E-state index is 0.143. The lowest BCUT2D eigenvalue weighted by molar-refractivity contribution is -0.119. The summed E-state index contributed by atoms with van der Waals surface area (Å²) in [6.45, 7) is 2.52. The highest BCUT2D eigenvalue weighted by atomic mass is 16.1. The van der Waals surface area contributed by atoms with Gasteiger partial charge in [-0.15, -0.1) is 0 Å². The molecule has 0 aliphatic carbocycles. The third-order valence-corrected chi connectivity index (χ3v) is 1.95. The molecule has 0 aromatic rings. The number of carbonyl (C=O) groups is 1. The molecule has 3 N–H and O–H groups in total. The summed E-state index contributed by atoms with van der Waals surface area (Å²) >= 11 is 0. The number of hydrogen-bond acceptors (Lipinski definition) is 3. The smallest absolute Gasteiger partial charge is 0.163 e. The molecule has 0 spiro atoms. The van der Waals surface area contributed by atoms with Crippen molar-refractivity contribution < 1.29 is 4.79 Å². The van der Waals surface area contributed by atoms with Crippen molar-refractivity contribution in [3.8, 4) is 0 Å². The van der Waals surface area contributed by atoms with Gasteiger partial charge in [0.05, 0.1) is 12.6 Å². The van der Waals surface area contributed by atoms with Crippen molar-refractivity contribution in [3.05, 3.63) is 0 Å². The van der Waals surface area contributed by atoms with Crippen molar-refractivity contribution in [2.75, 3.05) is 6.54 Å². The van der Waals surface area contributed by atoms with Gasteiger partial charge in [0.2, 0.25) is 0 Å². The van der Waals surface area contributed by atoms with Crippen LogP contribution in [0.5, 0.6) is 0 Å². The summed E-state index contributed by atoms with van der Waals surface area (Å²) in [5.41, 5.74) is 5.55. The maximum absolute atomic E-state index is 11.0. The lowest BCUT2D eigenvalue weighted by atomic mass is 10.1. The van der Waals surface area contributed by atoms with Crippen LogP contribution in [0, 0.1) is 0 Å². The molecule has 1 fully saturated rings. The van der Waals surface area contributed by atoms with Crippen LogP contribution in [0.2, 0.25) is 0 Å². The Morgan fingerprint density at radius 2 is 2.30 bits per heavy atom. The van der Waals surface area contributed by atoms with Crippen molar-refractivity contribution in [2.45, 2.75) is 31.8 Å². The third-order valence-electron chi connectivity index (χ3n) is 1.95. The summed E-state index contributed by atoms with van der Waals surface area (Å²) in [5.74, 6) is 0.143. The number of nitrogens with two attached hydrogens (primary N) is 1. The first kappa shape index (κ1) is 7.69. The number of ketones is 1. The van der Waals surface area contributed by atoms with Crippen molar-refractivity contribution in [2.24, 2.45) is 5.73 Å². The van der Waals surface area contributed by atoms with Crippen LogP contribution in [-0.2, 0) is 4.79 Å². The van der Waals surface area contributed by atoms with E-state index >= 15 is 0 Å². The van der Waals surface area contributed by atoms with E-state index in [1.165, 1.54) is 0 Å². The van der Waals surface area contributed by atoms with E-state index in [0.29, 0.717) is 12.6 Å². The van der Waals surface area contributed by atoms with Crippen LogP contribution in [0.25, 0.3) is 0 Å². The van der Waals surface area contributed by atoms with Crippen LogP contribution >= 0.6 is 0 Å². The van der Waals surface area contributed by atoms with Gasteiger partial charge >= 0.3 is 0 Å².